The molecule has 240 valence electrons. The number of nitrogens with two attached hydrogens (primary N) is 1. The number of hydrogen-bond acceptors (Lipinski definition) is 5. The van der Waals surface area contributed by atoms with E-state index in [1.54, 1.807) is 7.11 Å². The number of pyridine rings is 2. The maximum atomic E-state index is 13.4. The molecule has 1 saturated carbocycles. The largest absolute Gasteiger partial charge is 0.494 e. The number of ether oxygens (including phenoxy) is 1. The number of aryl methyl sites for hydroxylation is 2. The minimum absolute atomic E-state index is 0.235. The van der Waals surface area contributed by atoms with Gasteiger partial charge in [-0.2, -0.15) is 0 Å². The van der Waals surface area contributed by atoms with Crippen molar-refractivity contribution < 1.29 is 18.7 Å². The highest BCUT2D eigenvalue weighted by atomic mass is 35.5. The van der Waals surface area contributed by atoms with Gasteiger partial charge in [-0.25, -0.2) is 9.37 Å². The molecule has 2 heterocycles. The first-order valence-electron chi connectivity index (χ1n) is 15.4. The third-order valence-electron chi connectivity index (χ3n) is 8.16. The third kappa shape index (κ3) is 9.24. The minimum atomic E-state index is -0.235. The summed E-state index contributed by atoms with van der Waals surface area (Å²) in [5.41, 5.74) is 12.6. The molecule has 9 heteroatoms. The van der Waals surface area contributed by atoms with Gasteiger partial charge in [-0.1, -0.05) is 32.4 Å². The molecule has 45 heavy (non-hydrogen) atoms. The molecule has 0 saturated heterocycles. The zero-order valence-corrected chi connectivity index (χ0v) is 27.7. The number of nitrogens with one attached hydrogen (secondary N) is 1. The molecule has 1 fully saturated rings. The molecule has 2 aromatic carbocycles. The van der Waals surface area contributed by atoms with Gasteiger partial charge in [0.15, 0.2) is 0 Å². The van der Waals surface area contributed by atoms with Crippen molar-refractivity contribution in [2.24, 2.45) is 11.7 Å². The topological polar surface area (TPSA) is 107 Å². The summed E-state index contributed by atoms with van der Waals surface area (Å²) in [4.78, 5) is 28.9. The number of hydrogen-bond donors (Lipinski definition) is 2. The third-order valence-corrected chi connectivity index (χ3v) is 8.54. The van der Waals surface area contributed by atoms with Crippen LogP contribution in [0.3, 0.4) is 0 Å². The van der Waals surface area contributed by atoms with Gasteiger partial charge in [0.2, 0.25) is 12.8 Å². The lowest BCUT2D eigenvalue weighted by molar-refractivity contribution is -0.109. The molecule has 0 bridgehead atoms. The number of nitrogens with zero attached hydrogens (tertiary/aromatic N) is 2. The van der Waals surface area contributed by atoms with Crippen molar-refractivity contribution in [3.05, 3.63) is 87.4 Å². The minimum Gasteiger partial charge on any atom is -0.494 e. The molecule has 0 spiro atoms. The van der Waals surface area contributed by atoms with Crippen molar-refractivity contribution in [1.82, 2.24) is 15.3 Å². The Hall–Kier alpha value is -4.04. The lowest BCUT2D eigenvalue weighted by Gasteiger charge is -2.23. The van der Waals surface area contributed by atoms with Crippen LogP contribution in [0.1, 0.15) is 79.9 Å². The maximum Gasteiger partial charge on any atom is 0.207 e. The van der Waals surface area contributed by atoms with Gasteiger partial charge in [-0.3, -0.25) is 14.6 Å². The summed E-state index contributed by atoms with van der Waals surface area (Å²) in [5.74, 6) is 1.82. The van der Waals surface area contributed by atoms with Crippen LogP contribution in [0.15, 0.2) is 48.5 Å². The summed E-state index contributed by atoms with van der Waals surface area (Å²) in [6, 6.07) is 14.8. The average molecular weight is 635 g/mol. The van der Waals surface area contributed by atoms with Gasteiger partial charge in [0, 0.05) is 29.1 Å². The fourth-order valence-electron chi connectivity index (χ4n) is 5.49. The van der Waals surface area contributed by atoms with Crippen molar-refractivity contribution >= 4 is 35.3 Å². The molecule has 2 amide bonds. The van der Waals surface area contributed by atoms with E-state index in [1.165, 1.54) is 36.1 Å². The molecule has 1 aliphatic carbocycles. The second-order valence-electron chi connectivity index (χ2n) is 11.3. The monoisotopic (exact) mass is 634 g/mol. The van der Waals surface area contributed by atoms with Crippen LogP contribution in [0.5, 0.6) is 5.75 Å². The number of rotatable bonds is 10. The van der Waals surface area contributed by atoms with E-state index in [0.717, 1.165) is 64.1 Å². The lowest BCUT2D eigenvalue weighted by Crippen LogP contribution is -2.23. The Morgan fingerprint density at radius 3 is 2.31 bits per heavy atom. The van der Waals surface area contributed by atoms with Crippen LogP contribution in [0.25, 0.3) is 22.2 Å². The normalized spacial score (nSPS) is 13.4. The van der Waals surface area contributed by atoms with E-state index in [9.17, 15) is 9.18 Å². The molecule has 3 N–H and O–H groups in total. The molecule has 2 aromatic heterocycles. The highest BCUT2D eigenvalue weighted by molar-refractivity contribution is 6.31. The fourth-order valence-corrected chi connectivity index (χ4v) is 5.65. The lowest BCUT2D eigenvalue weighted by atomic mass is 9.87. The van der Waals surface area contributed by atoms with Gasteiger partial charge in [-0.15, -0.1) is 0 Å². The summed E-state index contributed by atoms with van der Waals surface area (Å²) in [7, 11) is 1.65. The zero-order valence-electron chi connectivity index (χ0n) is 27.0. The van der Waals surface area contributed by atoms with Crippen LogP contribution in [-0.4, -0.2) is 36.4 Å². The number of fused-ring (bicyclic) bond motifs is 1. The standard InChI is InChI=1S/C23H29FN2O.C12H12ClNO.CH3NO/c1-4-15(3)20-12-22(21(13-25-14-27)16-6-7-16)26-23(19(20)5-2)17-8-10-18(24)11-9-17;1-7-4-9-6-10(13)8(2)14-12(9)11(5-7)15-3;2-1-3/h8-12,14-16,21H,4-7,13H2,1-3H3,(H,25,27);4-6H,1-3H3;1H,(H2,2,3). The van der Waals surface area contributed by atoms with Gasteiger partial charge in [0.1, 0.15) is 17.1 Å². The van der Waals surface area contributed by atoms with Gasteiger partial charge >= 0.3 is 0 Å². The quantitative estimate of drug-likeness (QED) is 0.173. The van der Waals surface area contributed by atoms with Gasteiger partial charge < -0.3 is 15.8 Å². The Balaban J connectivity index is 0.000000258. The molecule has 4 aromatic rings. The van der Waals surface area contributed by atoms with Gasteiger partial charge in [0.25, 0.3) is 0 Å². The summed E-state index contributed by atoms with van der Waals surface area (Å²) in [6.07, 6.45) is 5.34. The van der Waals surface area contributed by atoms with Crippen LogP contribution in [0.2, 0.25) is 5.02 Å². The fraction of sp³-hybridized carbons (Fsp3) is 0.389. The van der Waals surface area contributed by atoms with Crippen LogP contribution in [0, 0.1) is 25.6 Å². The number of carbonyl (C=O) groups is 2. The SMILES string of the molecule is CCc1c(C(C)CC)cc(C(CNC=O)C2CC2)nc1-c1ccc(F)cc1.COc1cc(C)cc2cc(Cl)c(C)nc12.NC=O. The smallest absolute Gasteiger partial charge is 0.207 e. The first-order chi connectivity index (χ1) is 21.6. The Morgan fingerprint density at radius 1 is 1.09 bits per heavy atom. The predicted molar refractivity (Wildman–Crippen MR) is 180 cm³/mol. The number of benzene rings is 2. The molecule has 0 aliphatic heterocycles. The van der Waals surface area contributed by atoms with E-state index in [4.69, 9.17) is 26.1 Å². The van der Waals surface area contributed by atoms with Crippen LogP contribution >= 0.6 is 11.6 Å². The van der Waals surface area contributed by atoms with Crippen molar-refractivity contribution in [2.75, 3.05) is 13.7 Å². The number of halogens is 2. The highest BCUT2D eigenvalue weighted by Gasteiger charge is 2.34. The van der Waals surface area contributed by atoms with Crippen molar-refractivity contribution in [2.45, 2.75) is 72.1 Å². The van der Waals surface area contributed by atoms with E-state index in [2.05, 4.69) is 48.9 Å². The van der Waals surface area contributed by atoms with Gasteiger partial charge in [-0.05, 0) is 117 Å². The second kappa shape index (κ2) is 16.9. The molecule has 1 aliphatic rings. The number of primary amides is 1. The second-order valence-corrected chi connectivity index (χ2v) is 11.7. The number of amides is 2. The van der Waals surface area contributed by atoms with E-state index < -0.39 is 0 Å². The predicted octanol–water partition coefficient (Wildman–Crippen LogP) is 7.82. The van der Waals surface area contributed by atoms with Crippen molar-refractivity contribution in [3.8, 4) is 17.0 Å². The first-order valence-corrected chi connectivity index (χ1v) is 15.7. The molecule has 2 unspecified atom stereocenters. The summed E-state index contributed by atoms with van der Waals surface area (Å²) in [5, 5.41) is 4.56. The molecule has 7 nitrogen and oxygen atoms in total. The maximum absolute atomic E-state index is 13.4. The Bertz CT molecular complexity index is 1590. The first kappa shape index (κ1) is 35.4. The summed E-state index contributed by atoms with van der Waals surface area (Å²) >= 11 is 6.03. The van der Waals surface area contributed by atoms with Crippen molar-refractivity contribution in [1.29, 1.82) is 0 Å². The van der Waals surface area contributed by atoms with E-state index >= 15 is 0 Å². The number of methoxy groups -OCH3 is 1. The van der Waals surface area contributed by atoms with Crippen LogP contribution < -0.4 is 15.8 Å². The highest BCUT2D eigenvalue weighted by Crippen LogP contribution is 2.43. The Kier molecular flexibility index (Phi) is 13.3. The summed E-state index contributed by atoms with van der Waals surface area (Å²) in [6.45, 7) is 11.1. The number of carbonyl (C=O) groups excluding carboxylic acids is 2. The average Bonchev–Trinajstić information content (AvgIpc) is 3.87. The van der Waals surface area contributed by atoms with Crippen LogP contribution in [0.4, 0.5) is 4.39 Å². The van der Waals surface area contributed by atoms with Crippen molar-refractivity contribution in [3.63, 3.8) is 0 Å². The van der Waals surface area contributed by atoms with E-state index in [-0.39, 0.29) is 18.1 Å². The molecule has 2 atom stereocenters. The molecular formula is C36H44ClFN4O3. The molecule has 0 radical (unpaired) electrons. The molecule has 5 rings (SSSR count). The Morgan fingerprint density at radius 2 is 1.76 bits per heavy atom. The van der Waals surface area contributed by atoms with E-state index in [1.807, 2.05) is 38.1 Å². The zero-order chi connectivity index (χ0) is 33.1. The Labute approximate surface area is 270 Å². The number of aromatic nitrogens is 2. The van der Waals surface area contributed by atoms with Gasteiger partial charge in [0.05, 0.1) is 23.5 Å². The van der Waals surface area contributed by atoms with E-state index in [0.29, 0.717) is 23.4 Å². The molecular weight excluding hydrogens is 591 g/mol. The summed E-state index contributed by atoms with van der Waals surface area (Å²) < 4.78 is 18.7. The van der Waals surface area contributed by atoms with Crippen LogP contribution in [-0.2, 0) is 16.0 Å².